The van der Waals surface area contributed by atoms with Crippen LogP contribution >= 0.6 is 0 Å². The fourth-order valence-corrected chi connectivity index (χ4v) is 17.5. The summed E-state index contributed by atoms with van der Waals surface area (Å²) in [6.07, 6.45) is 0. The molecule has 2 heteroatoms. The Morgan fingerprint density at radius 2 is 1.29 bits per heavy atom. The molecule has 0 spiro atoms. The summed E-state index contributed by atoms with van der Waals surface area (Å²) in [4.78, 5) is 0. The van der Waals surface area contributed by atoms with Crippen LogP contribution in [0, 0.1) is 0 Å². The van der Waals surface area contributed by atoms with Gasteiger partial charge in [0.2, 0.25) is 0 Å². The van der Waals surface area contributed by atoms with E-state index in [1.165, 1.54) is 12.1 Å². The summed E-state index contributed by atoms with van der Waals surface area (Å²) in [5, 5.41) is 3.59. The average Bonchev–Trinajstić information content (AvgIpc) is 2.45. The molecule has 0 aromatic carbocycles. The zero-order valence-electron chi connectivity index (χ0n) is 13.1. The topological polar surface area (TPSA) is 0 Å². The molecule has 0 N–H and O–H groups in total. The third-order valence-electron chi connectivity index (χ3n) is 5.46. The molecule has 17 heavy (non-hydrogen) atoms. The van der Waals surface area contributed by atoms with Gasteiger partial charge in [-0.2, -0.15) is 0 Å². The third kappa shape index (κ3) is 2.39. The summed E-state index contributed by atoms with van der Waals surface area (Å²) in [5.74, 6) is 0. The molecule has 0 saturated carbocycles. The van der Waals surface area contributed by atoms with E-state index >= 15 is 0 Å². The van der Waals surface area contributed by atoms with Crippen molar-refractivity contribution in [3.8, 4) is 0 Å². The molecule has 1 aliphatic heterocycles. The molecule has 98 valence electrons. The Hall–Kier alpha value is -0.0862. The smallest absolute Gasteiger partial charge is 0.0761 e. The largest absolute Gasteiger partial charge is 0.106 e. The molecule has 0 radical (unpaired) electrons. The Balaban J connectivity index is 3.23. The third-order valence-corrected chi connectivity index (χ3v) is 18.4. The average molecular weight is 267 g/mol. The van der Waals surface area contributed by atoms with Crippen molar-refractivity contribution in [3.05, 3.63) is 21.5 Å². The Kier molecular flexibility index (Phi) is 4.30. The van der Waals surface area contributed by atoms with Crippen LogP contribution in [0.4, 0.5) is 0 Å². The van der Waals surface area contributed by atoms with Gasteiger partial charge in [0.15, 0.2) is 0 Å². The lowest BCUT2D eigenvalue weighted by molar-refractivity contribution is 1.26. The van der Waals surface area contributed by atoms with Crippen LogP contribution in [0.2, 0.25) is 30.8 Å². The van der Waals surface area contributed by atoms with E-state index in [1.54, 1.807) is 27.2 Å². The minimum absolute atomic E-state index is 0.985. The summed E-state index contributed by atoms with van der Waals surface area (Å²) in [6.45, 7) is 19.6. The van der Waals surface area contributed by atoms with Crippen LogP contribution in [0.1, 0.15) is 41.5 Å². The lowest BCUT2D eigenvalue weighted by Crippen LogP contribution is -2.45. The van der Waals surface area contributed by atoms with E-state index in [2.05, 4.69) is 54.6 Å². The van der Waals surface area contributed by atoms with E-state index in [0.29, 0.717) is 0 Å². The molecule has 0 bridgehead atoms. The van der Waals surface area contributed by atoms with E-state index in [0.717, 1.165) is 0 Å². The zero-order chi connectivity index (χ0) is 13.4. The minimum atomic E-state index is -1.27. The molecular formula is C15H30Si2. The van der Waals surface area contributed by atoms with Gasteiger partial charge in [-0.05, 0) is 27.7 Å². The molecule has 1 heterocycles. The maximum atomic E-state index is 2.58. The standard InChI is InChI=1S/C15H30Si2/c1-9-16(7,8)11-17(10-2)14(5)12(3)13(4)15(17)6/h9-11H2,1-8H3. The molecule has 0 aromatic rings. The van der Waals surface area contributed by atoms with Gasteiger partial charge in [-0.3, -0.25) is 0 Å². The summed E-state index contributed by atoms with van der Waals surface area (Å²) in [5.41, 5.74) is 4.81. The SMILES string of the molecule is CC[Si](C)(C)C[Si]1(CC)C(C)=C(C)C(C)=C1C. The van der Waals surface area contributed by atoms with Crippen molar-refractivity contribution >= 4 is 16.1 Å². The first-order chi connectivity index (χ1) is 7.72. The molecule has 0 fully saturated rings. The molecule has 0 aliphatic carbocycles. The normalized spacial score (nSPS) is 20.5. The highest BCUT2D eigenvalue weighted by Gasteiger charge is 2.44. The van der Waals surface area contributed by atoms with Gasteiger partial charge in [-0.25, -0.2) is 0 Å². The van der Waals surface area contributed by atoms with Gasteiger partial charge in [-0.1, -0.05) is 66.2 Å². The first kappa shape index (κ1) is 15.0. The van der Waals surface area contributed by atoms with E-state index in [9.17, 15) is 0 Å². The van der Waals surface area contributed by atoms with Gasteiger partial charge in [0.05, 0.1) is 0 Å². The van der Waals surface area contributed by atoms with Crippen LogP contribution < -0.4 is 0 Å². The second kappa shape index (κ2) is 4.89. The molecular weight excluding hydrogens is 236 g/mol. The predicted molar refractivity (Wildman–Crippen MR) is 85.8 cm³/mol. The van der Waals surface area contributed by atoms with E-state index in [-0.39, 0.29) is 0 Å². The monoisotopic (exact) mass is 266 g/mol. The Morgan fingerprint density at radius 3 is 1.59 bits per heavy atom. The second-order valence-electron chi connectivity index (χ2n) is 6.63. The van der Waals surface area contributed by atoms with Gasteiger partial charge >= 0.3 is 0 Å². The molecule has 0 aromatic heterocycles. The van der Waals surface area contributed by atoms with Crippen molar-refractivity contribution in [2.24, 2.45) is 0 Å². The highest BCUT2D eigenvalue weighted by molar-refractivity contribution is 7.04. The first-order valence-corrected chi connectivity index (χ1v) is 12.9. The summed E-state index contributed by atoms with van der Waals surface area (Å²) in [7, 11) is -2.26. The molecule has 1 aliphatic rings. The highest BCUT2D eigenvalue weighted by Crippen LogP contribution is 2.45. The summed E-state index contributed by atoms with van der Waals surface area (Å²) >= 11 is 0. The van der Waals surface area contributed by atoms with Crippen LogP contribution in [-0.2, 0) is 0 Å². The fraction of sp³-hybridized carbons (Fsp3) is 0.733. The van der Waals surface area contributed by atoms with Crippen molar-refractivity contribution in [1.29, 1.82) is 0 Å². The van der Waals surface area contributed by atoms with Crippen LogP contribution in [0.25, 0.3) is 0 Å². The molecule has 0 nitrogen and oxygen atoms in total. The van der Waals surface area contributed by atoms with Gasteiger partial charge < -0.3 is 0 Å². The highest BCUT2D eigenvalue weighted by atomic mass is 28.4. The summed E-state index contributed by atoms with van der Waals surface area (Å²) < 4.78 is 0. The number of allylic oxidation sites excluding steroid dienone is 4. The Bertz CT molecular complexity index is 348. The molecule has 1 rings (SSSR count). The minimum Gasteiger partial charge on any atom is -0.0761 e. The lowest BCUT2D eigenvalue weighted by Gasteiger charge is -2.37. The van der Waals surface area contributed by atoms with Crippen LogP contribution in [0.5, 0.6) is 0 Å². The maximum absolute atomic E-state index is 2.58. The Morgan fingerprint density at radius 1 is 0.882 bits per heavy atom. The number of rotatable bonds is 4. The van der Waals surface area contributed by atoms with Gasteiger partial charge in [-0.15, -0.1) is 0 Å². The van der Waals surface area contributed by atoms with Gasteiger partial charge in [0, 0.05) is 8.07 Å². The molecule has 0 amide bonds. The lowest BCUT2D eigenvalue weighted by atomic mass is 10.1. The van der Waals surface area contributed by atoms with E-state index < -0.39 is 16.1 Å². The molecule has 0 saturated heterocycles. The van der Waals surface area contributed by atoms with E-state index in [4.69, 9.17) is 0 Å². The van der Waals surface area contributed by atoms with Crippen molar-refractivity contribution in [2.75, 3.05) is 0 Å². The quantitative estimate of drug-likeness (QED) is 0.590. The maximum Gasteiger partial charge on any atom is 0.106 e. The number of hydrogen-bond acceptors (Lipinski definition) is 0. The predicted octanol–water partition coefficient (Wildman–Crippen LogP) is 5.49. The fourth-order valence-electron chi connectivity index (χ4n) is 3.42. The van der Waals surface area contributed by atoms with Crippen LogP contribution in [-0.4, -0.2) is 16.1 Å². The van der Waals surface area contributed by atoms with Crippen LogP contribution in [0.3, 0.4) is 0 Å². The number of hydrogen-bond donors (Lipinski definition) is 0. The van der Waals surface area contributed by atoms with Gasteiger partial charge in [0.25, 0.3) is 0 Å². The van der Waals surface area contributed by atoms with Crippen molar-refractivity contribution in [1.82, 2.24) is 0 Å². The van der Waals surface area contributed by atoms with Gasteiger partial charge in [0.1, 0.15) is 8.07 Å². The molecule has 0 atom stereocenters. The van der Waals surface area contributed by atoms with Crippen molar-refractivity contribution in [3.63, 3.8) is 0 Å². The molecule has 0 unspecified atom stereocenters. The second-order valence-corrected chi connectivity index (χ2v) is 17.5. The van der Waals surface area contributed by atoms with Crippen LogP contribution in [0.15, 0.2) is 21.5 Å². The van der Waals surface area contributed by atoms with Crippen molar-refractivity contribution in [2.45, 2.75) is 72.4 Å². The summed E-state index contributed by atoms with van der Waals surface area (Å²) in [6, 6.07) is 2.84. The van der Waals surface area contributed by atoms with Crippen molar-refractivity contribution < 1.29 is 0 Å². The van der Waals surface area contributed by atoms with E-state index in [1.807, 2.05) is 0 Å². The first-order valence-electron chi connectivity index (χ1n) is 7.08. The Labute approximate surface area is 110 Å². The zero-order valence-corrected chi connectivity index (χ0v) is 15.1.